The van der Waals surface area contributed by atoms with E-state index in [1.54, 1.807) is 0 Å². The minimum Gasteiger partial charge on any atom is -0.309 e. The van der Waals surface area contributed by atoms with Crippen molar-refractivity contribution in [2.75, 3.05) is 0 Å². The van der Waals surface area contributed by atoms with Gasteiger partial charge in [-0.3, -0.25) is 0 Å². The lowest BCUT2D eigenvalue weighted by atomic mass is 10.2. The monoisotopic (exact) mass is 370 g/mol. The molecule has 0 aliphatic rings. The van der Waals surface area contributed by atoms with Gasteiger partial charge in [-0.25, -0.2) is 0 Å². The van der Waals surface area contributed by atoms with Crippen molar-refractivity contribution in [3.05, 3.63) is 88.9 Å². The molecule has 0 heterocycles. The van der Waals surface area contributed by atoms with Gasteiger partial charge in [0.2, 0.25) is 0 Å². The second kappa shape index (κ2) is 6.24. The highest BCUT2D eigenvalue weighted by Crippen LogP contribution is 2.42. The van der Waals surface area contributed by atoms with E-state index in [0.717, 1.165) is 25.9 Å². The Morgan fingerprint density at radius 1 is 0.727 bits per heavy atom. The minimum atomic E-state index is -2.84. The molecule has 0 aliphatic heterocycles. The maximum atomic E-state index is 14.1. The molecule has 0 radical (unpaired) electrons. The maximum Gasteiger partial charge on any atom is 0.171 e. The van der Waals surface area contributed by atoms with E-state index in [2.05, 4.69) is 15.9 Å². The molecule has 0 aromatic heterocycles. The Morgan fingerprint density at radius 2 is 1.23 bits per heavy atom. The zero-order chi connectivity index (χ0) is 15.6. The highest BCUT2D eigenvalue weighted by molar-refractivity contribution is 9.10. The van der Waals surface area contributed by atoms with Gasteiger partial charge in [-0.2, -0.15) is 0 Å². The van der Waals surface area contributed by atoms with Crippen molar-refractivity contribution in [3.63, 3.8) is 0 Å². The average Bonchev–Trinajstić information content (AvgIpc) is 2.58. The molecule has 3 rings (SSSR count). The van der Waals surface area contributed by atoms with Crippen molar-refractivity contribution in [2.45, 2.75) is 6.92 Å². The Labute approximate surface area is 139 Å². The smallest absolute Gasteiger partial charge is 0.171 e. The third-order valence-corrected chi connectivity index (χ3v) is 7.69. The minimum absolute atomic E-state index is 0.864. The zero-order valence-electron chi connectivity index (χ0n) is 12.2. The number of benzene rings is 3. The number of halogens is 1. The van der Waals surface area contributed by atoms with Crippen molar-refractivity contribution < 1.29 is 4.57 Å². The summed E-state index contributed by atoms with van der Waals surface area (Å²) in [6.45, 7) is 2.02. The first-order valence-electron chi connectivity index (χ1n) is 7.10. The summed E-state index contributed by atoms with van der Waals surface area (Å²) in [6, 6.07) is 25.4. The lowest BCUT2D eigenvalue weighted by Crippen LogP contribution is -2.25. The summed E-state index contributed by atoms with van der Waals surface area (Å²) in [4.78, 5) is 0. The topological polar surface area (TPSA) is 17.1 Å². The van der Waals surface area contributed by atoms with Crippen LogP contribution in [0.3, 0.4) is 0 Å². The van der Waals surface area contributed by atoms with Gasteiger partial charge in [0.05, 0.1) is 0 Å². The molecule has 1 nitrogen and oxygen atoms in total. The van der Waals surface area contributed by atoms with Gasteiger partial charge in [0, 0.05) is 20.4 Å². The van der Waals surface area contributed by atoms with Crippen LogP contribution in [0.15, 0.2) is 83.3 Å². The molecule has 0 saturated heterocycles. The van der Waals surface area contributed by atoms with Crippen molar-refractivity contribution in [1.29, 1.82) is 0 Å². The van der Waals surface area contributed by atoms with Crippen LogP contribution >= 0.6 is 23.1 Å². The van der Waals surface area contributed by atoms with E-state index < -0.39 is 7.14 Å². The third kappa shape index (κ3) is 2.69. The Bertz CT molecular complexity index is 785. The Kier molecular flexibility index (Phi) is 4.33. The third-order valence-electron chi connectivity index (χ3n) is 3.74. The van der Waals surface area contributed by atoms with Crippen LogP contribution in [-0.2, 0) is 4.57 Å². The lowest BCUT2D eigenvalue weighted by molar-refractivity contribution is 0.592. The molecule has 0 amide bonds. The number of aryl methyl sites for hydroxylation is 1. The molecule has 0 aliphatic carbocycles. The summed E-state index contributed by atoms with van der Waals surface area (Å²) in [5, 5.41) is 2.59. The van der Waals surface area contributed by atoms with E-state index in [-0.39, 0.29) is 0 Å². The fourth-order valence-electron chi connectivity index (χ4n) is 2.55. The summed E-state index contributed by atoms with van der Waals surface area (Å²) < 4.78 is 15.1. The van der Waals surface area contributed by atoms with E-state index in [1.165, 1.54) is 0 Å². The van der Waals surface area contributed by atoms with Gasteiger partial charge >= 0.3 is 0 Å². The standard InChI is InChI=1S/C19H16BrOP/c1-15-14-18(12-13-19(15)20)22(21,16-8-4-2-5-9-16)17-10-6-3-7-11-17/h2-14H,1H3. The first-order chi connectivity index (χ1) is 10.6. The molecule has 0 N–H and O–H groups in total. The average molecular weight is 371 g/mol. The van der Waals surface area contributed by atoms with Crippen LogP contribution < -0.4 is 15.9 Å². The van der Waals surface area contributed by atoms with Crippen LogP contribution in [0.25, 0.3) is 0 Å². The number of rotatable bonds is 3. The molecule has 3 aromatic carbocycles. The molecule has 0 unspecified atom stereocenters. The zero-order valence-corrected chi connectivity index (χ0v) is 14.7. The summed E-state index contributed by atoms with van der Waals surface area (Å²) in [5.74, 6) is 0. The normalized spacial score (nSPS) is 11.4. The molecule has 3 aromatic rings. The summed E-state index contributed by atoms with van der Waals surface area (Å²) >= 11 is 3.52. The van der Waals surface area contributed by atoms with Gasteiger partial charge < -0.3 is 4.57 Å². The predicted molar refractivity (Wildman–Crippen MR) is 98.3 cm³/mol. The Hall–Kier alpha value is -1.63. The van der Waals surface area contributed by atoms with Crippen molar-refractivity contribution >= 4 is 39.0 Å². The van der Waals surface area contributed by atoms with Crippen LogP contribution in [0.4, 0.5) is 0 Å². The fraction of sp³-hybridized carbons (Fsp3) is 0.0526. The van der Waals surface area contributed by atoms with Crippen molar-refractivity contribution in [1.82, 2.24) is 0 Å². The largest absolute Gasteiger partial charge is 0.309 e. The van der Waals surface area contributed by atoms with Gasteiger partial charge in [-0.15, -0.1) is 0 Å². The fourth-order valence-corrected chi connectivity index (χ4v) is 5.53. The highest BCUT2D eigenvalue weighted by atomic mass is 79.9. The molecule has 0 saturated carbocycles. The molecular formula is C19H16BrOP. The first-order valence-corrected chi connectivity index (χ1v) is 9.60. The molecule has 0 bridgehead atoms. The van der Waals surface area contributed by atoms with Gasteiger partial charge in [0.15, 0.2) is 7.14 Å². The summed E-state index contributed by atoms with van der Waals surface area (Å²) in [7, 11) is -2.84. The number of hydrogen-bond acceptors (Lipinski definition) is 1. The Balaban J connectivity index is 2.28. The predicted octanol–water partition coefficient (Wildman–Crippen LogP) is 4.40. The molecule has 110 valence electrons. The van der Waals surface area contributed by atoms with E-state index in [0.29, 0.717) is 0 Å². The van der Waals surface area contributed by atoms with Crippen LogP contribution in [0.5, 0.6) is 0 Å². The van der Waals surface area contributed by atoms with E-state index in [1.807, 2.05) is 85.8 Å². The second-order valence-electron chi connectivity index (χ2n) is 5.21. The highest BCUT2D eigenvalue weighted by Gasteiger charge is 2.29. The van der Waals surface area contributed by atoms with Crippen LogP contribution in [0.1, 0.15) is 5.56 Å². The van der Waals surface area contributed by atoms with Crippen molar-refractivity contribution in [2.24, 2.45) is 0 Å². The molecular weight excluding hydrogens is 355 g/mol. The van der Waals surface area contributed by atoms with E-state index >= 15 is 0 Å². The van der Waals surface area contributed by atoms with Gasteiger partial charge in [-0.1, -0.05) is 76.6 Å². The van der Waals surface area contributed by atoms with Crippen LogP contribution in [0.2, 0.25) is 0 Å². The summed E-state index contributed by atoms with van der Waals surface area (Å²) in [5.41, 5.74) is 1.09. The maximum absolute atomic E-state index is 14.1. The molecule has 22 heavy (non-hydrogen) atoms. The molecule has 0 atom stereocenters. The van der Waals surface area contributed by atoms with E-state index in [4.69, 9.17) is 0 Å². The van der Waals surface area contributed by atoms with Gasteiger partial charge in [-0.05, 0) is 30.7 Å². The lowest BCUT2D eigenvalue weighted by Gasteiger charge is -2.20. The second-order valence-corrected chi connectivity index (χ2v) is 8.84. The van der Waals surface area contributed by atoms with Crippen LogP contribution in [0, 0.1) is 6.92 Å². The van der Waals surface area contributed by atoms with Crippen LogP contribution in [-0.4, -0.2) is 0 Å². The SMILES string of the molecule is Cc1cc(P(=O)(c2ccccc2)c2ccccc2)ccc1Br. The Morgan fingerprint density at radius 3 is 1.68 bits per heavy atom. The number of hydrogen-bond donors (Lipinski definition) is 0. The first kappa shape index (κ1) is 15.3. The summed E-state index contributed by atoms with van der Waals surface area (Å²) in [6.07, 6.45) is 0. The van der Waals surface area contributed by atoms with Gasteiger partial charge in [0.1, 0.15) is 0 Å². The molecule has 0 spiro atoms. The van der Waals surface area contributed by atoms with E-state index in [9.17, 15) is 4.57 Å². The van der Waals surface area contributed by atoms with Gasteiger partial charge in [0.25, 0.3) is 0 Å². The molecule has 0 fully saturated rings. The quantitative estimate of drug-likeness (QED) is 0.624. The van der Waals surface area contributed by atoms with Crippen molar-refractivity contribution in [3.8, 4) is 0 Å². The molecule has 3 heteroatoms.